The highest BCUT2D eigenvalue weighted by molar-refractivity contribution is 6.18. The quantitative estimate of drug-likeness (QED) is 0.468. The number of alkyl halides is 1. The zero-order valence-corrected chi connectivity index (χ0v) is 10.5. The predicted octanol–water partition coefficient (Wildman–Crippen LogP) is 2.44. The lowest BCUT2D eigenvalue weighted by molar-refractivity contribution is -0.385. The van der Waals surface area contributed by atoms with Gasteiger partial charge in [-0.25, -0.2) is 0 Å². The molecule has 1 fully saturated rings. The van der Waals surface area contributed by atoms with Gasteiger partial charge in [-0.3, -0.25) is 14.9 Å². The van der Waals surface area contributed by atoms with E-state index in [1.807, 2.05) is 0 Å². The van der Waals surface area contributed by atoms with Crippen molar-refractivity contribution >= 4 is 23.2 Å². The molecule has 96 valence electrons. The van der Waals surface area contributed by atoms with Gasteiger partial charge in [0.05, 0.1) is 4.92 Å². The zero-order valence-electron chi connectivity index (χ0n) is 9.71. The van der Waals surface area contributed by atoms with Crippen molar-refractivity contribution in [1.29, 1.82) is 0 Å². The highest BCUT2D eigenvalue weighted by Crippen LogP contribution is 2.30. The van der Waals surface area contributed by atoms with Gasteiger partial charge in [0.25, 0.3) is 11.6 Å². The number of para-hydroxylation sites is 1. The molecule has 1 aromatic carbocycles. The Morgan fingerprint density at radius 2 is 2.11 bits per heavy atom. The number of nitro benzene ring substituents is 1. The molecule has 1 saturated carbocycles. The average molecular weight is 269 g/mol. The van der Waals surface area contributed by atoms with Crippen molar-refractivity contribution in [3.05, 3.63) is 39.9 Å². The van der Waals surface area contributed by atoms with Gasteiger partial charge in [-0.2, -0.15) is 0 Å². The molecule has 5 nitrogen and oxygen atoms in total. The van der Waals surface area contributed by atoms with Crippen molar-refractivity contribution in [1.82, 2.24) is 4.90 Å². The van der Waals surface area contributed by atoms with E-state index in [1.54, 1.807) is 17.0 Å². The molecule has 0 radical (unpaired) electrons. The molecule has 1 aliphatic rings. The number of amides is 1. The predicted molar refractivity (Wildman–Crippen MR) is 67.9 cm³/mol. The Morgan fingerprint density at radius 3 is 2.67 bits per heavy atom. The van der Waals surface area contributed by atoms with E-state index in [1.165, 1.54) is 12.1 Å². The van der Waals surface area contributed by atoms with Gasteiger partial charge in [-0.05, 0) is 18.9 Å². The molecule has 0 atom stereocenters. The number of hydrogen-bond donors (Lipinski definition) is 0. The lowest BCUT2D eigenvalue weighted by Gasteiger charge is -2.21. The molecule has 0 aliphatic heterocycles. The van der Waals surface area contributed by atoms with Crippen LogP contribution in [0.5, 0.6) is 0 Å². The number of hydrogen-bond acceptors (Lipinski definition) is 3. The summed E-state index contributed by atoms with van der Waals surface area (Å²) in [4.78, 5) is 24.3. The van der Waals surface area contributed by atoms with Crippen LogP contribution in [-0.4, -0.2) is 34.2 Å². The summed E-state index contributed by atoms with van der Waals surface area (Å²) in [6.45, 7) is 0.428. The van der Waals surface area contributed by atoms with Crippen LogP contribution < -0.4 is 0 Å². The summed E-state index contributed by atoms with van der Waals surface area (Å²) in [5, 5.41) is 10.9. The molecule has 1 aliphatic carbocycles. The average Bonchev–Trinajstić information content (AvgIpc) is 3.19. The van der Waals surface area contributed by atoms with Crippen LogP contribution in [0.25, 0.3) is 0 Å². The van der Waals surface area contributed by atoms with E-state index in [0.717, 1.165) is 12.8 Å². The van der Waals surface area contributed by atoms with E-state index >= 15 is 0 Å². The SMILES string of the molecule is O=C(c1ccccc1[N+](=O)[O-])N(CCCl)C1CC1. The summed E-state index contributed by atoms with van der Waals surface area (Å²) in [5.41, 5.74) is -0.0118. The van der Waals surface area contributed by atoms with Crippen molar-refractivity contribution in [2.45, 2.75) is 18.9 Å². The summed E-state index contributed by atoms with van der Waals surface area (Å²) in [7, 11) is 0. The van der Waals surface area contributed by atoms with E-state index in [2.05, 4.69) is 0 Å². The Hall–Kier alpha value is -1.62. The largest absolute Gasteiger partial charge is 0.334 e. The first-order valence-electron chi connectivity index (χ1n) is 5.75. The third kappa shape index (κ3) is 2.61. The van der Waals surface area contributed by atoms with Crippen LogP contribution in [0.2, 0.25) is 0 Å². The minimum atomic E-state index is -0.529. The summed E-state index contributed by atoms with van der Waals surface area (Å²) in [6.07, 6.45) is 1.90. The maximum Gasteiger partial charge on any atom is 0.282 e. The molecule has 0 N–H and O–H groups in total. The molecule has 0 heterocycles. The number of nitro groups is 1. The zero-order chi connectivity index (χ0) is 13.1. The van der Waals surface area contributed by atoms with Gasteiger partial charge in [0.2, 0.25) is 0 Å². The fourth-order valence-electron chi connectivity index (χ4n) is 1.90. The number of carbonyl (C=O) groups is 1. The first-order chi connectivity index (χ1) is 8.65. The Bertz CT molecular complexity index is 474. The Morgan fingerprint density at radius 1 is 1.44 bits per heavy atom. The summed E-state index contributed by atoms with van der Waals surface area (Å²) >= 11 is 5.67. The molecule has 1 aromatic rings. The lowest BCUT2D eigenvalue weighted by atomic mass is 10.1. The summed E-state index contributed by atoms with van der Waals surface area (Å²) in [6, 6.07) is 6.21. The smallest absolute Gasteiger partial charge is 0.282 e. The normalized spacial score (nSPS) is 14.3. The molecule has 1 amide bonds. The molecule has 6 heteroatoms. The number of carbonyl (C=O) groups excluding carboxylic acids is 1. The maximum atomic E-state index is 12.3. The second kappa shape index (κ2) is 5.35. The maximum absolute atomic E-state index is 12.3. The fraction of sp³-hybridized carbons (Fsp3) is 0.417. The Balaban J connectivity index is 2.29. The third-order valence-corrected chi connectivity index (χ3v) is 3.07. The molecule has 18 heavy (non-hydrogen) atoms. The number of rotatable bonds is 5. The minimum absolute atomic E-state index is 0.138. The first kappa shape index (κ1) is 12.8. The molecular formula is C12H13ClN2O3. The van der Waals surface area contributed by atoms with E-state index in [0.29, 0.717) is 12.4 Å². The van der Waals surface area contributed by atoms with Gasteiger partial charge in [-0.15, -0.1) is 11.6 Å². The molecular weight excluding hydrogens is 256 g/mol. The second-order valence-corrected chi connectivity index (χ2v) is 4.57. The molecule has 0 unspecified atom stereocenters. The molecule has 0 spiro atoms. The van der Waals surface area contributed by atoms with E-state index in [9.17, 15) is 14.9 Å². The Labute approximate surface area is 109 Å². The fourth-order valence-corrected chi connectivity index (χ4v) is 2.08. The Kier molecular flexibility index (Phi) is 3.81. The van der Waals surface area contributed by atoms with Crippen LogP contribution in [0.15, 0.2) is 24.3 Å². The number of nitrogens with zero attached hydrogens (tertiary/aromatic N) is 2. The lowest BCUT2D eigenvalue weighted by Crippen LogP contribution is -2.35. The third-order valence-electron chi connectivity index (χ3n) is 2.91. The van der Waals surface area contributed by atoms with Crippen LogP contribution in [0, 0.1) is 10.1 Å². The topological polar surface area (TPSA) is 63.4 Å². The molecule has 0 bridgehead atoms. The first-order valence-corrected chi connectivity index (χ1v) is 6.29. The van der Waals surface area contributed by atoms with E-state index in [4.69, 9.17) is 11.6 Å². The summed E-state index contributed by atoms with van der Waals surface area (Å²) < 4.78 is 0. The standard InChI is InChI=1S/C12H13ClN2O3/c13-7-8-14(9-5-6-9)12(16)10-3-1-2-4-11(10)15(17)18/h1-4,9H,5-8H2. The van der Waals surface area contributed by atoms with Gasteiger partial charge >= 0.3 is 0 Å². The van der Waals surface area contributed by atoms with Gasteiger partial charge < -0.3 is 4.90 Å². The van der Waals surface area contributed by atoms with Crippen LogP contribution in [0.3, 0.4) is 0 Å². The van der Waals surface area contributed by atoms with Crippen molar-refractivity contribution in [2.24, 2.45) is 0 Å². The monoisotopic (exact) mass is 268 g/mol. The van der Waals surface area contributed by atoms with Gasteiger partial charge in [0.1, 0.15) is 5.56 Å². The van der Waals surface area contributed by atoms with Crippen molar-refractivity contribution in [2.75, 3.05) is 12.4 Å². The van der Waals surface area contributed by atoms with Crippen molar-refractivity contribution < 1.29 is 9.72 Å². The molecule has 0 aromatic heterocycles. The highest BCUT2D eigenvalue weighted by atomic mass is 35.5. The van der Waals surface area contributed by atoms with Crippen LogP contribution in [0.4, 0.5) is 5.69 Å². The van der Waals surface area contributed by atoms with E-state index in [-0.39, 0.29) is 23.2 Å². The van der Waals surface area contributed by atoms with E-state index < -0.39 is 4.92 Å². The van der Waals surface area contributed by atoms with Crippen molar-refractivity contribution in [3.63, 3.8) is 0 Å². The second-order valence-electron chi connectivity index (χ2n) is 4.19. The summed E-state index contributed by atoms with van der Waals surface area (Å²) in [5.74, 6) is 0.0357. The van der Waals surface area contributed by atoms with Gasteiger partial charge in [0.15, 0.2) is 0 Å². The van der Waals surface area contributed by atoms with Crippen LogP contribution in [-0.2, 0) is 0 Å². The number of halogens is 1. The highest BCUT2D eigenvalue weighted by Gasteiger charge is 2.34. The van der Waals surface area contributed by atoms with Gasteiger partial charge in [0, 0.05) is 24.5 Å². The van der Waals surface area contributed by atoms with Crippen molar-refractivity contribution in [3.8, 4) is 0 Å². The molecule has 0 saturated heterocycles. The van der Waals surface area contributed by atoms with Crippen LogP contribution >= 0.6 is 11.6 Å². The number of benzene rings is 1. The molecule has 2 rings (SSSR count). The van der Waals surface area contributed by atoms with Gasteiger partial charge in [-0.1, -0.05) is 12.1 Å². The minimum Gasteiger partial charge on any atom is -0.334 e. The van der Waals surface area contributed by atoms with Crippen LogP contribution in [0.1, 0.15) is 23.2 Å².